The third kappa shape index (κ3) is 4.99. The minimum absolute atomic E-state index is 0.133. The van der Waals surface area contributed by atoms with Gasteiger partial charge >= 0.3 is 5.97 Å². The molecule has 0 aromatic heterocycles. The Morgan fingerprint density at radius 3 is 2.30 bits per heavy atom. The summed E-state index contributed by atoms with van der Waals surface area (Å²) in [5, 5.41) is 0.133. The SMILES string of the molecule is CCOC(=O)c1cccc(N=CC(C(=O)CC)C(=O)CC)c1Cl. The standard InChI is InChI=1S/C17H20ClNO4/c1-4-14(20)12(15(21)5-2)10-19-13-9-7-8-11(16(13)18)17(22)23-6-3/h7-10,12H,4-6H2,1-3H3. The number of carbonyl (C=O) groups excluding carboxylic acids is 3. The highest BCUT2D eigenvalue weighted by Crippen LogP contribution is 2.29. The van der Waals surface area contributed by atoms with Gasteiger partial charge in [-0.05, 0) is 19.1 Å². The number of Topliss-reactive ketones (excluding diaryl/α,β-unsaturated/α-hetero) is 2. The number of nitrogens with zero attached hydrogens (tertiary/aromatic N) is 1. The Labute approximate surface area is 140 Å². The first-order valence-corrected chi connectivity index (χ1v) is 7.89. The van der Waals surface area contributed by atoms with Gasteiger partial charge in [0.2, 0.25) is 0 Å². The molecule has 0 bridgehead atoms. The van der Waals surface area contributed by atoms with Gasteiger partial charge in [0, 0.05) is 19.1 Å². The topological polar surface area (TPSA) is 72.8 Å². The third-order valence-electron chi connectivity index (χ3n) is 3.23. The lowest BCUT2D eigenvalue weighted by atomic mass is 9.97. The molecule has 0 N–H and O–H groups in total. The maximum atomic E-state index is 11.9. The zero-order valence-electron chi connectivity index (χ0n) is 13.5. The zero-order valence-corrected chi connectivity index (χ0v) is 14.2. The van der Waals surface area contributed by atoms with Crippen molar-refractivity contribution in [1.82, 2.24) is 0 Å². The molecule has 0 saturated heterocycles. The fourth-order valence-electron chi connectivity index (χ4n) is 1.93. The molecule has 0 aliphatic heterocycles. The van der Waals surface area contributed by atoms with E-state index < -0.39 is 11.9 Å². The Morgan fingerprint density at radius 1 is 1.17 bits per heavy atom. The molecule has 0 saturated carbocycles. The van der Waals surface area contributed by atoms with E-state index >= 15 is 0 Å². The molecular weight excluding hydrogens is 318 g/mol. The summed E-state index contributed by atoms with van der Waals surface area (Å²) in [6.07, 6.45) is 1.80. The summed E-state index contributed by atoms with van der Waals surface area (Å²) in [6, 6.07) is 4.75. The van der Waals surface area contributed by atoms with Crippen LogP contribution in [-0.2, 0) is 14.3 Å². The Kier molecular flexibility index (Phi) is 7.62. The van der Waals surface area contributed by atoms with Crippen molar-refractivity contribution in [2.75, 3.05) is 6.61 Å². The van der Waals surface area contributed by atoms with Gasteiger partial charge in [0.1, 0.15) is 17.5 Å². The first-order chi connectivity index (χ1) is 11.0. The van der Waals surface area contributed by atoms with E-state index in [2.05, 4.69) is 4.99 Å². The molecule has 6 heteroatoms. The smallest absolute Gasteiger partial charge is 0.339 e. The first-order valence-electron chi connectivity index (χ1n) is 7.51. The van der Waals surface area contributed by atoms with Crippen LogP contribution in [0.3, 0.4) is 0 Å². The molecule has 1 aromatic carbocycles. The maximum Gasteiger partial charge on any atom is 0.339 e. The second kappa shape index (κ2) is 9.20. The molecule has 23 heavy (non-hydrogen) atoms. The molecule has 5 nitrogen and oxygen atoms in total. The van der Waals surface area contributed by atoms with Crippen molar-refractivity contribution in [2.45, 2.75) is 33.6 Å². The lowest BCUT2D eigenvalue weighted by Crippen LogP contribution is -2.24. The van der Waals surface area contributed by atoms with Crippen LogP contribution in [0.25, 0.3) is 0 Å². The summed E-state index contributed by atoms with van der Waals surface area (Å²) in [7, 11) is 0. The van der Waals surface area contributed by atoms with Gasteiger partial charge in [-0.2, -0.15) is 0 Å². The van der Waals surface area contributed by atoms with Crippen LogP contribution in [0.1, 0.15) is 44.0 Å². The van der Waals surface area contributed by atoms with Gasteiger partial charge in [-0.1, -0.05) is 31.5 Å². The Hall–Kier alpha value is -2.01. The molecule has 0 aliphatic rings. The van der Waals surface area contributed by atoms with E-state index in [1.165, 1.54) is 12.3 Å². The lowest BCUT2D eigenvalue weighted by Gasteiger charge is -2.09. The molecular formula is C17H20ClNO4. The number of carbonyl (C=O) groups is 3. The number of esters is 1. The monoisotopic (exact) mass is 337 g/mol. The summed E-state index contributed by atoms with van der Waals surface area (Å²) in [5.41, 5.74) is 0.512. The quantitative estimate of drug-likeness (QED) is 0.411. The molecule has 0 fully saturated rings. The van der Waals surface area contributed by atoms with Crippen molar-refractivity contribution in [3.05, 3.63) is 28.8 Å². The number of benzene rings is 1. The number of hydrogen-bond donors (Lipinski definition) is 0. The highest BCUT2D eigenvalue weighted by molar-refractivity contribution is 6.36. The van der Waals surface area contributed by atoms with Crippen LogP contribution in [0, 0.1) is 5.92 Å². The molecule has 0 aliphatic carbocycles. The number of aliphatic imine (C=N–C) groups is 1. The lowest BCUT2D eigenvalue weighted by molar-refractivity contribution is -0.129. The molecule has 0 unspecified atom stereocenters. The average molecular weight is 338 g/mol. The third-order valence-corrected chi connectivity index (χ3v) is 3.62. The molecule has 0 heterocycles. The van der Waals surface area contributed by atoms with Gasteiger partial charge in [-0.15, -0.1) is 0 Å². The summed E-state index contributed by atoms with van der Waals surface area (Å²) >= 11 is 6.17. The van der Waals surface area contributed by atoms with E-state index in [9.17, 15) is 14.4 Å². The largest absolute Gasteiger partial charge is 0.462 e. The van der Waals surface area contributed by atoms with Crippen LogP contribution in [0.5, 0.6) is 0 Å². The van der Waals surface area contributed by atoms with Gasteiger partial charge in [0.05, 0.1) is 22.9 Å². The van der Waals surface area contributed by atoms with E-state index in [1.807, 2.05) is 0 Å². The molecule has 124 valence electrons. The van der Waals surface area contributed by atoms with Gasteiger partial charge in [-0.25, -0.2) is 4.79 Å². The zero-order chi connectivity index (χ0) is 17.4. The van der Waals surface area contributed by atoms with Crippen molar-refractivity contribution in [1.29, 1.82) is 0 Å². The van der Waals surface area contributed by atoms with Crippen LogP contribution in [0.2, 0.25) is 5.02 Å². The Morgan fingerprint density at radius 2 is 1.78 bits per heavy atom. The molecule has 1 rings (SSSR count). The normalized spacial score (nSPS) is 11.0. The van der Waals surface area contributed by atoms with Crippen molar-refractivity contribution in [2.24, 2.45) is 10.9 Å². The van der Waals surface area contributed by atoms with E-state index in [4.69, 9.17) is 16.3 Å². The van der Waals surface area contributed by atoms with Crippen molar-refractivity contribution in [3.8, 4) is 0 Å². The fourth-order valence-corrected chi connectivity index (χ4v) is 2.18. The number of ketones is 2. The number of hydrogen-bond acceptors (Lipinski definition) is 5. The molecule has 0 amide bonds. The van der Waals surface area contributed by atoms with Gasteiger partial charge in [0.25, 0.3) is 0 Å². The maximum absolute atomic E-state index is 11.9. The second-order valence-corrected chi connectivity index (χ2v) is 5.13. The van der Waals surface area contributed by atoms with E-state index in [-0.39, 0.29) is 41.6 Å². The molecule has 1 aromatic rings. The number of halogens is 1. The van der Waals surface area contributed by atoms with Gasteiger partial charge in [0.15, 0.2) is 0 Å². The predicted molar refractivity (Wildman–Crippen MR) is 89.6 cm³/mol. The average Bonchev–Trinajstić information content (AvgIpc) is 2.55. The van der Waals surface area contributed by atoms with Crippen LogP contribution in [0.15, 0.2) is 23.2 Å². The fraction of sp³-hybridized carbons (Fsp3) is 0.412. The van der Waals surface area contributed by atoms with Gasteiger partial charge < -0.3 is 4.74 Å². The predicted octanol–water partition coefficient (Wildman–Crippen LogP) is 3.79. The van der Waals surface area contributed by atoms with Crippen molar-refractivity contribution < 1.29 is 19.1 Å². The second-order valence-electron chi connectivity index (χ2n) is 4.75. The first kappa shape index (κ1) is 19.0. The Bertz CT molecular complexity index is 609. The highest BCUT2D eigenvalue weighted by atomic mass is 35.5. The van der Waals surface area contributed by atoms with E-state index in [1.54, 1.807) is 32.9 Å². The summed E-state index contributed by atoms with van der Waals surface area (Å²) in [6.45, 7) is 5.33. The molecule has 0 spiro atoms. The summed E-state index contributed by atoms with van der Waals surface area (Å²) in [4.78, 5) is 39.7. The summed E-state index contributed by atoms with van der Waals surface area (Å²) < 4.78 is 4.92. The van der Waals surface area contributed by atoms with E-state index in [0.29, 0.717) is 5.69 Å². The Balaban J connectivity index is 3.11. The molecule has 0 atom stereocenters. The van der Waals surface area contributed by atoms with Crippen LogP contribution < -0.4 is 0 Å². The summed E-state index contributed by atoms with van der Waals surface area (Å²) in [5.74, 6) is -1.82. The number of rotatable bonds is 8. The minimum atomic E-state index is -0.882. The van der Waals surface area contributed by atoms with Crippen LogP contribution >= 0.6 is 11.6 Å². The minimum Gasteiger partial charge on any atom is -0.462 e. The van der Waals surface area contributed by atoms with Crippen LogP contribution in [-0.4, -0.2) is 30.4 Å². The number of ether oxygens (including phenoxy) is 1. The van der Waals surface area contributed by atoms with Gasteiger partial charge in [-0.3, -0.25) is 14.6 Å². The van der Waals surface area contributed by atoms with Crippen LogP contribution in [0.4, 0.5) is 5.69 Å². The molecule has 0 radical (unpaired) electrons. The highest BCUT2D eigenvalue weighted by Gasteiger charge is 2.22. The van der Waals surface area contributed by atoms with Crippen molar-refractivity contribution in [3.63, 3.8) is 0 Å². The van der Waals surface area contributed by atoms with Crippen molar-refractivity contribution >= 4 is 41.0 Å². The van der Waals surface area contributed by atoms with E-state index in [0.717, 1.165) is 0 Å².